The zero-order chi connectivity index (χ0) is 16.4. The minimum absolute atomic E-state index is 0.00720. The summed E-state index contributed by atoms with van der Waals surface area (Å²) in [6, 6.07) is 10.1. The second-order valence-corrected chi connectivity index (χ2v) is 5.47. The molecular formula is C17H17NO5. The molecule has 1 aromatic heterocycles. The molecule has 2 atom stereocenters. The molecule has 23 heavy (non-hydrogen) atoms. The lowest BCUT2D eigenvalue weighted by Gasteiger charge is -2.26. The minimum atomic E-state index is -0.971. The van der Waals surface area contributed by atoms with Crippen molar-refractivity contribution in [2.24, 2.45) is 5.92 Å². The first-order valence-corrected chi connectivity index (χ1v) is 7.28. The zero-order valence-corrected chi connectivity index (χ0v) is 12.6. The second-order valence-electron chi connectivity index (χ2n) is 5.47. The van der Waals surface area contributed by atoms with E-state index in [1.54, 1.807) is 48.4 Å². The number of aliphatic carboxylic acids is 1. The van der Waals surface area contributed by atoms with E-state index in [1.165, 1.54) is 6.26 Å². The van der Waals surface area contributed by atoms with Gasteiger partial charge in [0.15, 0.2) is 0 Å². The van der Waals surface area contributed by atoms with Gasteiger partial charge in [-0.3, -0.25) is 9.59 Å². The van der Waals surface area contributed by atoms with Crippen LogP contribution in [-0.2, 0) is 16.1 Å². The maximum atomic E-state index is 12.3. The van der Waals surface area contributed by atoms with E-state index in [9.17, 15) is 14.7 Å². The number of furan rings is 1. The molecule has 0 saturated carbocycles. The molecule has 0 radical (unpaired) electrons. The van der Waals surface area contributed by atoms with E-state index in [2.05, 4.69) is 0 Å². The third-order valence-corrected chi connectivity index (χ3v) is 4.11. The smallest absolute Gasteiger partial charge is 0.309 e. The van der Waals surface area contributed by atoms with E-state index in [-0.39, 0.29) is 18.9 Å². The molecule has 6 heteroatoms. The number of carbonyl (C=O) groups is 2. The minimum Gasteiger partial charge on any atom is -0.497 e. The van der Waals surface area contributed by atoms with E-state index in [1.807, 2.05) is 0 Å². The fourth-order valence-electron chi connectivity index (χ4n) is 2.98. The highest BCUT2D eigenvalue weighted by Crippen LogP contribution is 2.39. The van der Waals surface area contributed by atoms with Gasteiger partial charge >= 0.3 is 5.97 Å². The molecule has 1 saturated heterocycles. The van der Waals surface area contributed by atoms with E-state index in [4.69, 9.17) is 9.15 Å². The molecule has 2 heterocycles. The van der Waals surface area contributed by atoms with E-state index >= 15 is 0 Å². The van der Waals surface area contributed by atoms with Gasteiger partial charge in [0.25, 0.3) is 0 Å². The molecule has 1 N–H and O–H groups in total. The van der Waals surface area contributed by atoms with Crippen molar-refractivity contribution in [1.82, 2.24) is 4.90 Å². The van der Waals surface area contributed by atoms with Crippen LogP contribution in [-0.4, -0.2) is 29.0 Å². The Morgan fingerprint density at radius 1 is 1.35 bits per heavy atom. The Labute approximate surface area is 133 Å². The summed E-state index contributed by atoms with van der Waals surface area (Å²) in [5.41, 5.74) is 0.774. The van der Waals surface area contributed by atoms with Crippen LogP contribution < -0.4 is 4.74 Å². The Morgan fingerprint density at radius 3 is 2.65 bits per heavy atom. The lowest BCUT2D eigenvalue weighted by atomic mass is 9.93. The predicted octanol–water partition coefficient (Wildman–Crippen LogP) is 2.46. The summed E-state index contributed by atoms with van der Waals surface area (Å²) in [7, 11) is 1.57. The fraction of sp³-hybridized carbons (Fsp3) is 0.294. The highest BCUT2D eigenvalue weighted by Gasteiger charge is 2.44. The van der Waals surface area contributed by atoms with Crippen molar-refractivity contribution in [2.75, 3.05) is 7.11 Å². The molecule has 2 aromatic rings. The zero-order valence-electron chi connectivity index (χ0n) is 12.6. The molecule has 6 nitrogen and oxygen atoms in total. The summed E-state index contributed by atoms with van der Waals surface area (Å²) in [5, 5.41) is 9.48. The molecule has 0 spiro atoms. The van der Waals surface area contributed by atoms with Crippen molar-refractivity contribution >= 4 is 11.9 Å². The third-order valence-electron chi connectivity index (χ3n) is 4.11. The monoisotopic (exact) mass is 315 g/mol. The maximum absolute atomic E-state index is 12.3. The van der Waals surface area contributed by atoms with Crippen molar-refractivity contribution < 1.29 is 23.8 Å². The van der Waals surface area contributed by atoms with Crippen LogP contribution in [0.3, 0.4) is 0 Å². The van der Waals surface area contributed by atoms with Crippen LogP contribution in [0.1, 0.15) is 23.8 Å². The van der Waals surface area contributed by atoms with Gasteiger partial charge in [-0.15, -0.1) is 0 Å². The Bertz CT molecular complexity index is 692. The van der Waals surface area contributed by atoms with Crippen LogP contribution in [0.2, 0.25) is 0 Å². The number of methoxy groups -OCH3 is 1. The van der Waals surface area contributed by atoms with Gasteiger partial charge in [0.1, 0.15) is 11.5 Å². The van der Waals surface area contributed by atoms with Crippen molar-refractivity contribution in [1.29, 1.82) is 0 Å². The SMILES string of the molecule is COc1ccc([C@@H]2[C@H](C(=O)O)CC(=O)N2Cc2ccco2)cc1. The highest BCUT2D eigenvalue weighted by molar-refractivity contribution is 5.87. The number of rotatable bonds is 5. The van der Waals surface area contributed by atoms with Crippen molar-refractivity contribution in [3.05, 3.63) is 54.0 Å². The van der Waals surface area contributed by atoms with Crippen LogP contribution in [0.25, 0.3) is 0 Å². The highest BCUT2D eigenvalue weighted by atomic mass is 16.5. The molecule has 120 valence electrons. The molecule has 1 fully saturated rings. The Balaban J connectivity index is 1.94. The van der Waals surface area contributed by atoms with Crippen LogP contribution >= 0.6 is 0 Å². The quantitative estimate of drug-likeness (QED) is 0.917. The van der Waals surface area contributed by atoms with Crippen molar-refractivity contribution in [3.63, 3.8) is 0 Å². The first-order valence-electron chi connectivity index (χ1n) is 7.28. The number of carboxylic acid groups (broad SMARTS) is 1. The first kappa shape index (κ1) is 15.1. The summed E-state index contributed by atoms with van der Waals surface area (Å²) in [4.78, 5) is 25.5. The van der Waals surface area contributed by atoms with Gasteiger partial charge in [-0.2, -0.15) is 0 Å². The summed E-state index contributed by atoms with van der Waals surface area (Å²) in [6.07, 6.45) is 1.53. The molecule has 1 aliphatic rings. The van der Waals surface area contributed by atoms with Crippen LogP contribution in [0.5, 0.6) is 5.75 Å². The molecule has 1 amide bonds. The summed E-state index contributed by atoms with van der Waals surface area (Å²) < 4.78 is 10.4. The number of benzene rings is 1. The number of hydrogen-bond donors (Lipinski definition) is 1. The summed E-state index contributed by atoms with van der Waals surface area (Å²) in [5.74, 6) is -0.618. The topological polar surface area (TPSA) is 80.0 Å². The third kappa shape index (κ3) is 2.92. The molecule has 1 aromatic carbocycles. The number of likely N-dealkylation sites (tertiary alicyclic amines) is 1. The molecule has 0 aliphatic carbocycles. The largest absolute Gasteiger partial charge is 0.497 e. The van der Waals surface area contributed by atoms with E-state index < -0.39 is 17.9 Å². The lowest BCUT2D eigenvalue weighted by molar-refractivity contribution is -0.142. The number of ether oxygens (including phenoxy) is 1. The molecule has 0 unspecified atom stereocenters. The van der Waals surface area contributed by atoms with Gasteiger partial charge in [-0.05, 0) is 29.8 Å². The van der Waals surface area contributed by atoms with E-state index in [0.717, 1.165) is 5.56 Å². The average Bonchev–Trinajstić information content (AvgIpc) is 3.17. The average molecular weight is 315 g/mol. The van der Waals surface area contributed by atoms with Crippen molar-refractivity contribution in [2.45, 2.75) is 19.0 Å². The number of amides is 1. The maximum Gasteiger partial charge on any atom is 0.309 e. The number of hydrogen-bond acceptors (Lipinski definition) is 4. The van der Waals surface area contributed by atoms with Gasteiger partial charge < -0.3 is 19.2 Å². The van der Waals surface area contributed by atoms with Gasteiger partial charge in [-0.1, -0.05) is 12.1 Å². The molecule has 3 rings (SSSR count). The summed E-state index contributed by atoms with van der Waals surface area (Å²) in [6.45, 7) is 0.256. The Morgan fingerprint density at radius 2 is 2.09 bits per heavy atom. The Kier molecular flexibility index (Phi) is 4.06. The normalized spacial score (nSPS) is 20.7. The van der Waals surface area contributed by atoms with E-state index in [0.29, 0.717) is 11.5 Å². The van der Waals surface area contributed by atoms with Crippen LogP contribution in [0.15, 0.2) is 47.1 Å². The summed E-state index contributed by atoms with van der Waals surface area (Å²) >= 11 is 0. The van der Waals surface area contributed by atoms with Crippen LogP contribution in [0.4, 0.5) is 0 Å². The van der Waals surface area contributed by atoms with Crippen molar-refractivity contribution in [3.8, 4) is 5.75 Å². The van der Waals surface area contributed by atoms with Gasteiger partial charge in [0.05, 0.1) is 31.9 Å². The fourth-order valence-corrected chi connectivity index (χ4v) is 2.98. The molecule has 1 aliphatic heterocycles. The molecular weight excluding hydrogens is 298 g/mol. The van der Waals surface area contributed by atoms with Gasteiger partial charge in [0, 0.05) is 6.42 Å². The number of carboxylic acids is 1. The second kappa shape index (κ2) is 6.16. The van der Waals surface area contributed by atoms with Crippen LogP contribution in [0, 0.1) is 5.92 Å². The molecule has 0 bridgehead atoms. The lowest BCUT2D eigenvalue weighted by Crippen LogP contribution is -2.30. The standard InChI is InChI=1S/C17H17NO5/c1-22-12-6-4-11(5-7-12)16-14(17(20)21)9-15(19)18(16)10-13-3-2-8-23-13/h2-8,14,16H,9-10H2,1H3,(H,20,21)/t14-,16-/m1/s1. The number of nitrogens with zero attached hydrogens (tertiary/aromatic N) is 1. The number of carbonyl (C=O) groups excluding carboxylic acids is 1. The first-order chi connectivity index (χ1) is 11.1. The van der Waals surface area contributed by atoms with Gasteiger partial charge in [0.2, 0.25) is 5.91 Å². The van der Waals surface area contributed by atoms with Gasteiger partial charge in [-0.25, -0.2) is 0 Å². The predicted molar refractivity (Wildman–Crippen MR) is 80.7 cm³/mol. The Hall–Kier alpha value is -2.76.